The molecule has 0 unspecified atom stereocenters. The topological polar surface area (TPSA) is 30.7 Å². The number of aryl methyl sites for hydroxylation is 2. The number of fused-ring (bicyclic) bond motifs is 1. The molecule has 5 heteroatoms. The summed E-state index contributed by atoms with van der Waals surface area (Å²) in [6.45, 7) is 2.82. The lowest BCUT2D eigenvalue weighted by atomic mass is 10.3. The molecule has 0 radical (unpaired) electrons. The van der Waals surface area contributed by atoms with Crippen LogP contribution in [0.5, 0.6) is 0 Å². The van der Waals surface area contributed by atoms with E-state index >= 15 is 0 Å². The highest BCUT2D eigenvalue weighted by atomic mass is 35.5. The Kier molecular flexibility index (Phi) is 3.53. The summed E-state index contributed by atoms with van der Waals surface area (Å²) >= 11 is 7.63. The molecule has 0 aliphatic heterocycles. The van der Waals surface area contributed by atoms with Gasteiger partial charge in [0.15, 0.2) is 5.65 Å². The molecule has 3 aromatic heterocycles. The number of pyridine rings is 1. The third-order valence-corrected chi connectivity index (χ3v) is 4.07. The van der Waals surface area contributed by atoms with E-state index in [4.69, 9.17) is 11.6 Å². The van der Waals surface area contributed by atoms with Gasteiger partial charge in [-0.3, -0.25) is 0 Å². The molecule has 0 N–H and O–H groups in total. The summed E-state index contributed by atoms with van der Waals surface area (Å²) in [6, 6.07) is 8.23. The van der Waals surface area contributed by atoms with Crippen LogP contribution in [0.2, 0.25) is 0 Å². The van der Waals surface area contributed by atoms with Crippen LogP contribution in [0.1, 0.15) is 16.4 Å². The first kappa shape index (κ1) is 12.6. The number of nitrogens with zero attached hydrogens (tertiary/aromatic N) is 3. The van der Waals surface area contributed by atoms with Crippen LogP contribution in [-0.2, 0) is 13.0 Å². The van der Waals surface area contributed by atoms with Gasteiger partial charge in [0.25, 0.3) is 0 Å². The van der Waals surface area contributed by atoms with E-state index in [1.807, 2.05) is 19.1 Å². The van der Waals surface area contributed by atoms with Crippen molar-refractivity contribution in [3.05, 3.63) is 46.0 Å². The van der Waals surface area contributed by atoms with Crippen molar-refractivity contribution >= 4 is 34.1 Å². The minimum absolute atomic E-state index is 0.576. The van der Waals surface area contributed by atoms with Crippen LogP contribution in [0.15, 0.2) is 29.6 Å². The fraction of sp³-hybridized carbons (Fsp3) is 0.286. The maximum Gasteiger partial charge on any atom is 0.160 e. The maximum atomic E-state index is 5.88. The summed E-state index contributed by atoms with van der Waals surface area (Å²) in [5.74, 6) is 1.59. The van der Waals surface area contributed by atoms with Crippen LogP contribution < -0.4 is 0 Å². The van der Waals surface area contributed by atoms with E-state index in [-0.39, 0.29) is 0 Å². The Hall–Kier alpha value is -1.39. The Balaban J connectivity index is 2.12. The van der Waals surface area contributed by atoms with Gasteiger partial charge in [-0.05, 0) is 30.5 Å². The minimum Gasteiger partial charge on any atom is -0.307 e. The normalized spacial score (nSPS) is 11.3. The molecule has 0 bridgehead atoms. The molecule has 0 aromatic carbocycles. The number of hydrogen-bond acceptors (Lipinski definition) is 3. The van der Waals surface area contributed by atoms with Gasteiger partial charge in [0.2, 0.25) is 0 Å². The first-order valence-corrected chi connectivity index (χ1v) is 7.60. The maximum absolute atomic E-state index is 5.88. The Morgan fingerprint density at radius 3 is 2.89 bits per heavy atom. The Labute approximate surface area is 120 Å². The van der Waals surface area contributed by atoms with Crippen molar-refractivity contribution in [2.45, 2.75) is 19.9 Å². The summed E-state index contributed by atoms with van der Waals surface area (Å²) in [5.41, 5.74) is 2.91. The van der Waals surface area contributed by atoms with Crippen molar-refractivity contribution in [3.63, 3.8) is 0 Å². The molecule has 0 saturated carbocycles. The number of rotatable bonds is 4. The van der Waals surface area contributed by atoms with Crippen molar-refractivity contribution in [1.82, 2.24) is 14.5 Å². The second-order valence-electron chi connectivity index (χ2n) is 4.43. The van der Waals surface area contributed by atoms with Gasteiger partial charge >= 0.3 is 0 Å². The number of imidazole rings is 1. The van der Waals surface area contributed by atoms with Crippen molar-refractivity contribution in [1.29, 1.82) is 0 Å². The number of aromatic nitrogens is 3. The summed E-state index contributed by atoms with van der Waals surface area (Å²) in [5, 5.41) is 2.09. The quantitative estimate of drug-likeness (QED) is 0.687. The molecule has 0 fully saturated rings. The van der Waals surface area contributed by atoms with E-state index in [1.54, 1.807) is 11.3 Å². The molecule has 0 atom stereocenters. The molecular weight excluding hydrogens is 278 g/mol. The third-order valence-electron chi connectivity index (χ3n) is 3.02. The molecule has 3 heterocycles. The molecule has 0 aliphatic carbocycles. The van der Waals surface area contributed by atoms with Crippen molar-refractivity contribution in [2.24, 2.45) is 0 Å². The standard InChI is InChI=1S/C14H14ClN3S/c1-10-4-5-12-14(16-10)18(13(17-12)6-7-15)9-11-3-2-8-19-11/h2-5,8H,6-7,9H2,1H3. The summed E-state index contributed by atoms with van der Waals surface area (Å²) < 4.78 is 2.18. The monoisotopic (exact) mass is 291 g/mol. The van der Waals surface area contributed by atoms with E-state index < -0.39 is 0 Å². The number of halogens is 1. The molecule has 3 nitrogen and oxygen atoms in total. The molecular formula is C14H14ClN3S. The Morgan fingerprint density at radius 2 is 2.16 bits per heavy atom. The predicted molar refractivity (Wildman–Crippen MR) is 80.1 cm³/mol. The average molecular weight is 292 g/mol. The lowest BCUT2D eigenvalue weighted by Gasteiger charge is -2.06. The predicted octanol–water partition coefficient (Wildman–Crippen LogP) is 3.63. The molecule has 0 amide bonds. The van der Waals surface area contributed by atoms with Crippen LogP contribution >= 0.6 is 22.9 Å². The number of thiophene rings is 1. The molecule has 0 spiro atoms. The van der Waals surface area contributed by atoms with E-state index in [9.17, 15) is 0 Å². The van der Waals surface area contributed by atoms with Gasteiger partial charge in [-0.25, -0.2) is 9.97 Å². The third kappa shape index (κ3) is 2.51. The molecule has 0 aliphatic rings. The average Bonchev–Trinajstić information content (AvgIpc) is 3.00. The molecule has 0 saturated heterocycles. The largest absolute Gasteiger partial charge is 0.307 e. The van der Waals surface area contributed by atoms with Gasteiger partial charge in [0.05, 0.1) is 6.54 Å². The van der Waals surface area contributed by atoms with Gasteiger partial charge in [-0.2, -0.15) is 0 Å². The summed E-state index contributed by atoms with van der Waals surface area (Å²) in [4.78, 5) is 10.6. The van der Waals surface area contributed by atoms with E-state index in [2.05, 4.69) is 32.0 Å². The second-order valence-corrected chi connectivity index (χ2v) is 5.84. The zero-order valence-corrected chi connectivity index (χ0v) is 12.2. The second kappa shape index (κ2) is 5.31. The summed E-state index contributed by atoms with van der Waals surface area (Å²) in [7, 11) is 0. The zero-order chi connectivity index (χ0) is 13.2. The van der Waals surface area contributed by atoms with Gasteiger partial charge in [-0.1, -0.05) is 6.07 Å². The lowest BCUT2D eigenvalue weighted by molar-refractivity contribution is 0.755. The van der Waals surface area contributed by atoms with Gasteiger partial charge in [0.1, 0.15) is 11.3 Å². The fourth-order valence-electron chi connectivity index (χ4n) is 2.14. The van der Waals surface area contributed by atoms with Crippen molar-refractivity contribution in [2.75, 3.05) is 5.88 Å². The SMILES string of the molecule is Cc1ccc2nc(CCCl)n(Cc3cccs3)c2n1. The van der Waals surface area contributed by atoms with E-state index in [0.717, 1.165) is 35.6 Å². The molecule has 3 aromatic rings. The number of hydrogen-bond donors (Lipinski definition) is 0. The Bertz CT molecular complexity index is 688. The fourth-order valence-corrected chi connectivity index (χ4v) is 3.00. The highest BCUT2D eigenvalue weighted by Gasteiger charge is 2.12. The van der Waals surface area contributed by atoms with Crippen LogP contribution in [0.3, 0.4) is 0 Å². The first-order valence-electron chi connectivity index (χ1n) is 6.19. The highest BCUT2D eigenvalue weighted by Crippen LogP contribution is 2.19. The minimum atomic E-state index is 0.576. The lowest BCUT2D eigenvalue weighted by Crippen LogP contribution is -2.06. The Morgan fingerprint density at radius 1 is 1.26 bits per heavy atom. The molecule has 19 heavy (non-hydrogen) atoms. The van der Waals surface area contributed by atoms with Crippen LogP contribution in [0.4, 0.5) is 0 Å². The van der Waals surface area contributed by atoms with Crippen LogP contribution in [0.25, 0.3) is 11.2 Å². The van der Waals surface area contributed by atoms with E-state index in [0.29, 0.717) is 5.88 Å². The van der Waals surface area contributed by atoms with Crippen molar-refractivity contribution in [3.8, 4) is 0 Å². The molecule has 98 valence electrons. The van der Waals surface area contributed by atoms with Crippen LogP contribution in [0, 0.1) is 6.92 Å². The summed E-state index contributed by atoms with van der Waals surface area (Å²) in [6.07, 6.45) is 0.766. The van der Waals surface area contributed by atoms with Crippen molar-refractivity contribution < 1.29 is 0 Å². The molecule has 3 rings (SSSR count). The zero-order valence-electron chi connectivity index (χ0n) is 10.6. The smallest absolute Gasteiger partial charge is 0.160 e. The van der Waals surface area contributed by atoms with Gasteiger partial charge < -0.3 is 4.57 Å². The first-order chi connectivity index (χ1) is 9.28. The number of alkyl halides is 1. The van der Waals surface area contributed by atoms with Gasteiger partial charge in [0, 0.05) is 22.9 Å². The van der Waals surface area contributed by atoms with E-state index in [1.165, 1.54) is 4.88 Å². The van der Waals surface area contributed by atoms with Gasteiger partial charge in [-0.15, -0.1) is 22.9 Å². The highest BCUT2D eigenvalue weighted by molar-refractivity contribution is 7.09. The van der Waals surface area contributed by atoms with Crippen LogP contribution in [-0.4, -0.2) is 20.4 Å².